The average Bonchev–Trinajstić information content (AvgIpc) is 3.00. The molecule has 1 heterocycles. The molecule has 0 saturated carbocycles. The summed E-state index contributed by atoms with van der Waals surface area (Å²) in [6.07, 6.45) is 0. The summed E-state index contributed by atoms with van der Waals surface area (Å²) in [4.78, 5) is 12.6. The van der Waals surface area contributed by atoms with Crippen LogP contribution in [0.15, 0.2) is 60.7 Å². The topological polar surface area (TPSA) is 56.1 Å². The Labute approximate surface area is 140 Å². The van der Waals surface area contributed by atoms with Gasteiger partial charge in [-0.15, -0.1) is 0 Å². The van der Waals surface area contributed by atoms with Gasteiger partial charge in [-0.25, -0.2) is 4.68 Å². The van der Waals surface area contributed by atoms with Crippen molar-refractivity contribution in [2.45, 2.75) is 13.8 Å². The minimum Gasteiger partial charge on any atom is -0.494 e. The second-order valence-electron chi connectivity index (χ2n) is 5.33. The molecular formula is C19H19N3O2. The summed E-state index contributed by atoms with van der Waals surface area (Å²) in [5.41, 5.74) is 2.84. The van der Waals surface area contributed by atoms with E-state index < -0.39 is 0 Å². The zero-order valence-corrected chi connectivity index (χ0v) is 13.7. The summed E-state index contributed by atoms with van der Waals surface area (Å²) in [5.74, 6) is 0.573. The molecule has 0 aliphatic carbocycles. The van der Waals surface area contributed by atoms with E-state index in [1.54, 1.807) is 10.7 Å². The second-order valence-corrected chi connectivity index (χ2v) is 5.33. The minimum absolute atomic E-state index is 0.205. The molecule has 0 aliphatic rings. The zero-order chi connectivity index (χ0) is 16.9. The molecule has 1 aromatic heterocycles. The Balaban J connectivity index is 1.83. The third-order valence-electron chi connectivity index (χ3n) is 3.49. The SMILES string of the molecule is CCOc1ccc(NC(=O)c2cc(C)nn2-c2ccccc2)cc1. The van der Waals surface area contributed by atoms with Gasteiger partial charge >= 0.3 is 0 Å². The van der Waals surface area contributed by atoms with Crippen LogP contribution in [0.3, 0.4) is 0 Å². The van der Waals surface area contributed by atoms with Crippen LogP contribution in [0.25, 0.3) is 5.69 Å². The Kier molecular flexibility index (Phi) is 4.61. The summed E-state index contributed by atoms with van der Waals surface area (Å²) in [5, 5.41) is 7.31. The summed E-state index contributed by atoms with van der Waals surface area (Å²) < 4.78 is 7.06. The van der Waals surface area contributed by atoms with E-state index in [2.05, 4.69) is 10.4 Å². The lowest BCUT2D eigenvalue weighted by Crippen LogP contribution is -2.16. The van der Waals surface area contributed by atoms with Crippen molar-refractivity contribution in [1.29, 1.82) is 0 Å². The molecule has 3 aromatic rings. The highest BCUT2D eigenvalue weighted by molar-refractivity contribution is 6.03. The number of nitrogens with zero attached hydrogens (tertiary/aromatic N) is 2. The number of hydrogen-bond acceptors (Lipinski definition) is 3. The number of aromatic nitrogens is 2. The first-order valence-electron chi connectivity index (χ1n) is 7.83. The largest absolute Gasteiger partial charge is 0.494 e. The highest BCUT2D eigenvalue weighted by atomic mass is 16.5. The van der Waals surface area contributed by atoms with Gasteiger partial charge in [0, 0.05) is 5.69 Å². The number of carbonyl (C=O) groups excluding carboxylic acids is 1. The Morgan fingerprint density at radius 1 is 1.12 bits per heavy atom. The summed E-state index contributed by atoms with van der Waals surface area (Å²) >= 11 is 0. The summed E-state index contributed by atoms with van der Waals surface area (Å²) in [7, 11) is 0. The van der Waals surface area contributed by atoms with Gasteiger partial charge in [0.15, 0.2) is 0 Å². The van der Waals surface area contributed by atoms with Crippen LogP contribution in [-0.2, 0) is 0 Å². The van der Waals surface area contributed by atoms with Crippen LogP contribution in [0.5, 0.6) is 5.75 Å². The van der Waals surface area contributed by atoms with Gasteiger partial charge in [0.1, 0.15) is 11.4 Å². The molecule has 5 nitrogen and oxygen atoms in total. The number of rotatable bonds is 5. The number of amides is 1. The van der Waals surface area contributed by atoms with Crippen molar-refractivity contribution in [2.24, 2.45) is 0 Å². The summed E-state index contributed by atoms with van der Waals surface area (Å²) in [6, 6.07) is 18.7. The second kappa shape index (κ2) is 7.00. The molecule has 0 fully saturated rings. The summed E-state index contributed by atoms with van der Waals surface area (Å²) in [6.45, 7) is 4.41. The normalized spacial score (nSPS) is 10.4. The van der Waals surface area contributed by atoms with Gasteiger partial charge in [-0.1, -0.05) is 18.2 Å². The maximum atomic E-state index is 12.6. The molecule has 0 aliphatic heterocycles. The molecule has 1 amide bonds. The molecule has 0 bridgehead atoms. The van der Waals surface area contributed by atoms with E-state index in [0.29, 0.717) is 18.0 Å². The van der Waals surface area contributed by atoms with E-state index >= 15 is 0 Å². The first kappa shape index (κ1) is 15.8. The molecule has 1 N–H and O–H groups in total. The van der Waals surface area contributed by atoms with Crippen molar-refractivity contribution in [3.05, 3.63) is 72.1 Å². The van der Waals surface area contributed by atoms with Crippen molar-refractivity contribution in [2.75, 3.05) is 11.9 Å². The van der Waals surface area contributed by atoms with Crippen molar-refractivity contribution in [3.8, 4) is 11.4 Å². The van der Waals surface area contributed by atoms with Gasteiger partial charge in [-0.3, -0.25) is 4.79 Å². The van der Waals surface area contributed by atoms with E-state index in [9.17, 15) is 4.79 Å². The molecule has 0 saturated heterocycles. The van der Waals surface area contributed by atoms with Crippen LogP contribution < -0.4 is 10.1 Å². The van der Waals surface area contributed by atoms with Crippen molar-refractivity contribution in [1.82, 2.24) is 9.78 Å². The van der Waals surface area contributed by atoms with Gasteiger partial charge in [0.2, 0.25) is 0 Å². The lowest BCUT2D eigenvalue weighted by atomic mass is 10.2. The number of ether oxygens (including phenoxy) is 1. The molecule has 2 aromatic carbocycles. The molecule has 24 heavy (non-hydrogen) atoms. The van der Waals surface area contributed by atoms with E-state index in [-0.39, 0.29) is 5.91 Å². The van der Waals surface area contributed by atoms with E-state index in [1.807, 2.05) is 68.4 Å². The average molecular weight is 321 g/mol. The Bertz CT molecular complexity index is 824. The van der Waals surface area contributed by atoms with Crippen LogP contribution in [0.4, 0.5) is 5.69 Å². The number of aryl methyl sites for hydroxylation is 1. The molecule has 122 valence electrons. The highest BCUT2D eigenvalue weighted by Crippen LogP contribution is 2.18. The fraction of sp³-hybridized carbons (Fsp3) is 0.158. The molecule has 0 unspecified atom stereocenters. The van der Waals surface area contributed by atoms with Crippen LogP contribution in [0.1, 0.15) is 23.1 Å². The van der Waals surface area contributed by atoms with E-state index in [4.69, 9.17) is 4.74 Å². The van der Waals surface area contributed by atoms with Crippen LogP contribution in [0.2, 0.25) is 0 Å². The molecule has 3 rings (SSSR count). The quantitative estimate of drug-likeness (QED) is 0.777. The molecule has 0 atom stereocenters. The minimum atomic E-state index is -0.205. The van der Waals surface area contributed by atoms with Crippen LogP contribution in [-0.4, -0.2) is 22.3 Å². The van der Waals surface area contributed by atoms with Gasteiger partial charge < -0.3 is 10.1 Å². The van der Waals surface area contributed by atoms with E-state index in [0.717, 1.165) is 17.1 Å². The first-order chi connectivity index (χ1) is 11.7. The maximum Gasteiger partial charge on any atom is 0.274 e. The third kappa shape index (κ3) is 3.46. The zero-order valence-electron chi connectivity index (χ0n) is 13.7. The maximum absolute atomic E-state index is 12.6. The van der Waals surface area contributed by atoms with Gasteiger partial charge in [0.05, 0.1) is 18.0 Å². The van der Waals surface area contributed by atoms with Gasteiger partial charge in [-0.05, 0) is 56.3 Å². The fourth-order valence-corrected chi connectivity index (χ4v) is 2.42. The number of anilines is 1. The predicted octanol–water partition coefficient (Wildman–Crippen LogP) is 3.83. The number of nitrogens with one attached hydrogen (secondary N) is 1. The van der Waals surface area contributed by atoms with Crippen molar-refractivity contribution in [3.63, 3.8) is 0 Å². The number of benzene rings is 2. The van der Waals surface area contributed by atoms with Crippen LogP contribution >= 0.6 is 0 Å². The lowest BCUT2D eigenvalue weighted by molar-refractivity contribution is 0.101. The van der Waals surface area contributed by atoms with Crippen molar-refractivity contribution < 1.29 is 9.53 Å². The predicted molar refractivity (Wildman–Crippen MR) is 93.9 cm³/mol. The van der Waals surface area contributed by atoms with Crippen LogP contribution in [0, 0.1) is 6.92 Å². The number of carbonyl (C=O) groups is 1. The molecule has 0 spiro atoms. The Hall–Kier alpha value is -3.08. The fourth-order valence-electron chi connectivity index (χ4n) is 2.42. The van der Waals surface area contributed by atoms with E-state index in [1.165, 1.54) is 0 Å². The van der Waals surface area contributed by atoms with Gasteiger partial charge in [0.25, 0.3) is 5.91 Å². The van der Waals surface area contributed by atoms with Gasteiger partial charge in [-0.2, -0.15) is 5.10 Å². The smallest absolute Gasteiger partial charge is 0.274 e. The number of para-hydroxylation sites is 1. The third-order valence-corrected chi connectivity index (χ3v) is 3.49. The lowest BCUT2D eigenvalue weighted by Gasteiger charge is -2.09. The molecular weight excluding hydrogens is 302 g/mol. The Morgan fingerprint density at radius 2 is 1.83 bits per heavy atom. The van der Waals surface area contributed by atoms with Crippen molar-refractivity contribution >= 4 is 11.6 Å². The highest BCUT2D eigenvalue weighted by Gasteiger charge is 2.15. The standard InChI is InChI=1S/C19H19N3O2/c1-3-24-17-11-9-15(10-12-17)20-19(23)18-13-14(2)21-22(18)16-7-5-4-6-8-16/h4-13H,3H2,1-2H3,(H,20,23). The number of hydrogen-bond donors (Lipinski definition) is 1. The molecule has 0 radical (unpaired) electrons. The first-order valence-corrected chi connectivity index (χ1v) is 7.83. The Morgan fingerprint density at radius 3 is 2.50 bits per heavy atom. The molecule has 5 heteroatoms. The monoisotopic (exact) mass is 321 g/mol.